The molecule has 2 aromatic carbocycles. The van der Waals surface area contributed by atoms with E-state index in [1.807, 2.05) is 49.4 Å². The lowest BCUT2D eigenvalue weighted by Gasteiger charge is -2.20. The Balaban J connectivity index is 1.79. The minimum absolute atomic E-state index is 0.253. The zero-order valence-electron chi connectivity index (χ0n) is 11.8. The van der Waals surface area contributed by atoms with Crippen LogP contribution in [0.1, 0.15) is 24.2 Å². The Bertz CT molecular complexity index is 617. The van der Waals surface area contributed by atoms with Crippen molar-refractivity contribution in [2.45, 2.75) is 25.6 Å². The summed E-state index contributed by atoms with van der Waals surface area (Å²) in [4.78, 5) is 0. The molecule has 110 valence electrons. The van der Waals surface area contributed by atoms with E-state index in [-0.39, 0.29) is 6.10 Å². The van der Waals surface area contributed by atoms with Gasteiger partial charge in [-0.25, -0.2) is 0 Å². The summed E-state index contributed by atoms with van der Waals surface area (Å²) in [7, 11) is 0. The molecule has 0 aromatic heterocycles. The normalized spacial score (nSPS) is 18.0. The number of para-hydroxylation sites is 1. The van der Waals surface area contributed by atoms with Crippen molar-refractivity contribution in [3.63, 3.8) is 0 Å². The number of aliphatic hydroxyl groups is 1. The fourth-order valence-corrected chi connectivity index (χ4v) is 3.18. The minimum atomic E-state index is -0.678. The molecular formula is C17H17BrO3. The molecule has 2 aromatic rings. The van der Waals surface area contributed by atoms with Gasteiger partial charge < -0.3 is 14.6 Å². The number of benzene rings is 2. The van der Waals surface area contributed by atoms with Crippen LogP contribution in [0, 0.1) is 0 Å². The largest absolute Gasteiger partial charge is 0.494 e. The van der Waals surface area contributed by atoms with Crippen LogP contribution in [0.5, 0.6) is 11.5 Å². The Morgan fingerprint density at radius 1 is 1.33 bits per heavy atom. The van der Waals surface area contributed by atoms with Gasteiger partial charge in [0.2, 0.25) is 0 Å². The maximum Gasteiger partial charge on any atom is 0.133 e. The van der Waals surface area contributed by atoms with Crippen LogP contribution in [0.3, 0.4) is 0 Å². The molecule has 1 heterocycles. The van der Waals surface area contributed by atoms with Gasteiger partial charge in [0, 0.05) is 10.9 Å². The molecule has 1 aliphatic heterocycles. The van der Waals surface area contributed by atoms with E-state index in [1.54, 1.807) is 0 Å². The first-order chi connectivity index (χ1) is 10.2. The average Bonchev–Trinajstić information content (AvgIpc) is 2.91. The van der Waals surface area contributed by atoms with Gasteiger partial charge in [0.1, 0.15) is 23.7 Å². The summed E-state index contributed by atoms with van der Waals surface area (Å²) < 4.78 is 12.1. The topological polar surface area (TPSA) is 38.7 Å². The van der Waals surface area contributed by atoms with E-state index in [1.165, 1.54) is 0 Å². The number of fused-ring (bicyclic) bond motifs is 1. The first-order valence-electron chi connectivity index (χ1n) is 7.04. The molecule has 0 bridgehead atoms. The van der Waals surface area contributed by atoms with Gasteiger partial charge in [-0.2, -0.15) is 0 Å². The number of rotatable bonds is 4. The van der Waals surface area contributed by atoms with Gasteiger partial charge in [-0.1, -0.05) is 40.2 Å². The first-order valence-corrected chi connectivity index (χ1v) is 7.83. The zero-order chi connectivity index (χ0) is 14.8. The molecule has 0 saturated carbocycles. The van der Waals surface area contributed by atoms with Crippen molar-refractivity contribution < 1.29 is 14.6 Å². The van der Waals surface area contributed by atoms with E-state index >= 15 is 0 Å². The lowest BCUT2D eigenvalue weighted by atomic mass is 10.0. The van der Waals surface area contributed by atoms with Crippen molar-refractivity contribution in [1.82, 2.24) is 0 Å². The van der Waals surface area contributed by atoms with Crippen molar-refractivity contribution in [3.8, 4) is 11.5 Å². The molecule has 0 aliphatic carbocycles. The van der Waals surface area contributed by atoms with Gasteiger partial charge in [-0.3, -0.25) is 0 Å². The molecule has 0 saturated heterocycles. The monoisotopic (exact) mass is 348 g/mol. The molecule has 1 aliphatic rings. The van der Waals surface area contributed by atoms with Crippen LogP contribution in [0.15, 0.2) is 46.9 Å². The number of aliphatic hydroxyl groups excluding tert-OH is 1. The van der Waals surface area contributed by atoms with Gasteiger partial charge in [0.15, 0.2) is 0 Å². The second-order valence-corrected chi connectivity index (χ2v) is 5.88. The molecule has 2 atom stereocenters. The summed E-state index contributed by atoms with van der Waals surface area (Å²) in [5.41, 5.74) is 1.96. The summed E-state index contributed by atoms with van der Waals surface area (Å²) >= 11 is 3.50. The van der Waals surface area contributed by atoms with Crippen LogP contribution in [0.25, 0.3) is 0 Å². The van der Waals surface area contributed by atoms with Crippen molar-refractivity contribution >= 4 is 15.9 Å². The molecule has 0 spiro atoms. The van der Waals surface area contributed by atoms with Gasteiger partial charge in [0.05, 0.1) is 6.61 Å². The fourth-order valence-electron chi connectivity index (χ4n) is 2.59. The van der Waals surface area contributed by atoms with Crippen molar-refractivity contribution in [3.05, 3.63) is 58.1 Å². The maximum absolute atomic E-state index is 10.6. The highest BCUT2D eigenvalue weighted by molar-refractivity contribution is 9.10. The fraction of sp³-hybridized carbons (Fsp3) is 0.294. The third kappa shape index (κ3) is 2.92. The van der Waals surface area contributed by atoms with Crippen LogP contribution in [0.2, 0.25) is 0 Å². The highest BCUT2D eigenvalue weighted by atomic mass is 79.9. The molecule has 2 unspecified atom stereocenters. The number of ether oxygens (including phenoxy) is 2. The first kappa shape index (κ1) is 14.4. The summed E-state index contributed by atoms with van der Waals surface area (Å²) in [6, 6.07) is 13.5. The van der Waals surface area contributed by atoms with Crippen LogP contribution >= 0.6 is 15.9 Å². The van der Waals surface area contributed by atoms with Gasteiger partial charge in [-0.05, 0) is 36.2 Å². The third-order valence-corrected chi connectivity index (χ3v) is 4.31. The second-order valence-electron chi connectivity index (χ2n) is 5.03. The van der Waals surface area contributed by atoms with E-state index in [4.69, 9.17) is 9.47 Å². The molecule has 0 fully saturated rings. The SMILES string of the molecule is CCOc1ccc(C(O)C2Cc3ccccc3O2)c(Br)c1. The summed E-state index contributed by atoms with van der Waals surface area (Å²) in [6.45, 7) is 2.57. The van der Waals surface area contributed by atoms with Gasteiger partial charge in [-0.15, -0.1) is 0 Å². The summed E-state index contributed by atoms with van der Waals surface area (Å²) in [5.74, 6) is 1.65. The smallest absolute Gasteiger partial charge is 0.133 e. The Morgan fingerprint density at radius 3 is 2.86 bits per heavy atom. The third-order valence-electron chi connectivity index (χ3n) is 3.63. The highest BCUT2D eigenvalue weighted by Gasteiger charge is 2.30. The predicted molar refractivity (Wildman–Crippen MR) is 84.8 cm³/mol. The molecule has 0 amide bonds. The van der Waals surface area contributed by atoms with E-state index in [0.717, 1.165) is 33.5 Å². The molecule has 1 N–H and O–H groups in total. The number of halogens is 1. The standard InChI is InChI=1S/C17H17BrO3/c1-2-20-12-7-8-13(14(18)10-12)17(19)16-9-11-5-3-4-6-15(11)21-16/h3-8,10,16-17,19H,2,9H2,1H3. The maximum atomic E-state index is 10.6. The Kier molecular flexibility index (Phi) is 4.17. The van der Waals surface area contributed by atoms with Crippen LogP contribution < -0.4 is 9.47 Å². The van der Waals surface area contributed by atoms with Crippen molar-refractivity contribution in [1.29, 1.82) is 0 Å². The Hall–Kier alpha value is -1.52. The molecule has 21 heavy (non-hydrogen) atoms. The summed E-state index contributed by atoms with van der Waals surface area (Å²) in [5, 5.41) is 10.6. The second kappa shape index (κ2) is 6.08. The molecule has 0 radical (unpaired) electrons. The van der Waals surface area contributed by atoms with Crippen LogP contribution in [0.4, 0.5) is 0 Å². The number of hydrogen-bond acceptors (Lipinski definition) is 3. The minimum Gasteiger partial charge on any atom is -0.494 e. The van der Waals surface area contributed by atoms with Crippen molar-refractivity contribution in [2.24, 2.45) is 0 Å². The van der Waals surface area contributed by atoms with Crippen molar-refractivity contribution in [2.75, 3.05) is 6.61 Å². The highest BCUT2D eigenvalue weighted by Crippen LogP contribution is 2.37. The van der Waals surface area contributed by atoms with Gasteiger partial charge in [0.25, 0.3) is 0 Å². The van der Waals surface area contributed by atoms with E-state index in [9.17, 15) is 5.11 Å². The number of hydrogen-bond donors (Lipinski definition) is 1. The Morgan fingerprint density at radius 2 is 2.14 bits per heavy atom. The predicted octanol–water partition coefficient (Wildman–Crippen LogP) is 3.88. The molecule has 3 nitrogen and oxygen atoms in total. The van der Waals surface area contributed by atoms with E-state index in [2.05, 4.69) is 15.9 Å². The Labute approximate surface area is 132 Å². The lowest BCUT2D eigenvalue weighted by molar-refractivity contribution is 0.0487. The quantitative estimate of drug-likeness (QED) is 0.910. The average molecular weight is 349 g/mol. The van der Waals surface area contributed by atoms with Gasteiger partial charge >= 0.3 is 0 Å². The van der Waals surface area contributed by atoms with Crippen LogP contribution in [-0.4, -0.2) is 17.8 Å². The van der Waals surface area contributed by atoms with E-state index in [0.29, 0.717) is 6.61 Å². The lowest BCUT2D eigenvalue weighted by Crippen LogP contribution is -2.23. The van der Waals surface area contributed by atoms with E-state index < -0.39 is 6.10 Å². The molecular weight excluding hydrogens is 332 g/mol. The molecule has 4 heteroatoms. The molecule has 3 rings (SSSR count). The zero-order valence-corrected chi connectivity index (χ0v) is 13.3. The summed E-state index contributed by atoms with van der Waals surface area (Å²) in [6.07, 6.45) is -0.212. The van der Waals surface area contributed by atoms with Crippen LogP contribution in [-0.2, 0) is 6.42 Å².